The first-order valence-corrected chi connectivity index (χ1v) is 13.1. The number of aromatic nitrogens is 2. The quantitative estimate of drug-likeness (QED) is 0.414. The second kappa shape index (κ2) is 11.3. The van der Waals surface area contributed by atoms with Gasteiger partial charge in [0.15, 0.2) is 0 Å². The van der Waals surface area contributed by atoms with Crippen molar-refractivity contribution in [3.8, 4) is 17.0 Å². The number of aryl methyl sites for hydroxylation is 1. The van der Waals surface area contributed by atoms with Gasteiger partial charge in [0, 0.05) is 37.3 Å². The van der Waals surface area contributed by atoms with Crippen LogP contribution in [-0.2, 0) is 4.74 Å². The van der Waals surface area contributed by atoms with Gasteiger partial charge in [-0.25, -0.2) is 0 Å². The zero-order valence-corrected chi connectivity index (χ0v) is 21.3. The third kappa shape index (κ3) is 5.18. The maximum atomic E-state index is 13.6. The lowest BCUT2D eigenvalue weighted by molar-refractivity contribution is 0.0316. The number of ether oxygens (including phenoxy) is 2. The van der Waals surface area contributed by atoms with E-state index < -0.39 is 0 Å². The highest BCUT2D eigenvalue weighted by Crippen LogP contribution is 2.43. The number of hydrogen-bond acceptors (Lipinski definition) is 5. The van der Waals surface area contributed by atoms with Crippen molar-refractivity contribution in [1.82, 2.24) is 20.0 Å². The predicted molar refractivity (Wildman–Crippen MR) is 140 cm³/mol. The molecular formula is C29H36N4O3. The number of unbranched alkanes of at least 4 members (excludes halogenated alkanes) is 2. The Morgan fingerprint density at radius 2 is 1.78 bits per heavy atom. The van der Waals surface area contributed by atoms with Crippen molar-refractivity contribution in [1.29, 1.82) is 0 Å². The fourth-order valence-corrected chi connectivity index (χ4v) is 5.07. The van der Waals surface area contributed by atoms with Crippen LogP contribution < -0.4 is 4.74 Å². The third-order valence-corrected chi connectivity index (χ3v) is 7.16. The fourth-order valence-electron chi connectivity index (χ4n) is 5.07. The number of nitrogens with zero attached hydrogens (tertiary/aromatic N) is 3. The second-order valence-corrected chi connectivity index (χ2v) is 9.71. The first-order valence-electron chi connectivity index (χ1n) is 13.1. The maximum absolute atomic E-state index is 13.6. The van der Waals surface area contributed by atoms with E-state index in [2.05, 4.69) is 65.3 Å². The smallest absolute Gasteiger partial charge is 0.273 e. The van der Waals surface area contributed by atoms with Crippen molar-refractivity contribution < 1.29 is 14.3 Å². The summed E-state index contributed by atoms with van der Waals surface area (Å²) in [6.07, 6.45) is 3.41. The number of fused-ring (bicyclic) bond motifs is 1. The minimum absolute atomic E-state index is 0.00835. The van der Waals surface area contributed by atoms with E-state index in [9.17, 15) is 4.79 Å². The van der Waals surface area contributed by atoms with Gasteiger partial charge in [0.2, 0.25) is 0 Å². The number of benzene rings is 2. The van der Waals surface area contributed by atoms with Gasteiger partial charge in [-0.15, -0.1) is 0 Å². The Labute approximate surface area is 213 Å². The van der Waals surface area contributed by atoms with Crippen LogP contribution in [0.15, 0.2) is 48.5 Å². The Bertz CT molecular complexity index is 1150. The lowest BCUT2D eigenvalue weighted by Gasteiger charge is -2.31. The van der Waals surface area contributed by atoms with Gasteiger partial charge in [0.1, 0.15) is 11.4 Å². The van der Waals surface area contributed by atoms with Gasteiger partial charge in [-0.1, -0.05) is 61.7 Å². The summed E-state index contributed by atoms with van der Waals surface area (Å²) in [5.41, 5.74) is 5.68. The lowest BCUT2D eigenvalue weighted by Crippen LogP contribution is -2.42. The Balaban J connectivity index is 1.44. The van der Waals surface area contributed by atoms with Crippen molar-refractivity contribution in [2.24, 2.45) is 0 Å². The number of carbonyl (C=O) groups is 1. The van der Waals surface area contributed by atoms with Gasteiger partial charge < -0.3 is 14.4 Å². The molecule has 0 saturated carbocycles. The van der Waals surface area contributed by atoms with E-state index in [4.69, 9.17) is 9.47 Å². The normalized spacial score (nSPS) is 18.0. The summed E-state index contributed by atoms with van der Waals surface area (Å²) < 4.78 is 11.4. The number of carbonyl (C=O) groups excluding carboxylic acids is 1. The minimum atomic E-state index is -0.197. The molecule has 1 fully saturated rings. The highest BCUT2D eigenvalue weighted by Gasteiger charge is 2.42. The summed E-state index contributed by atoms with van der Waals surface area (Å²) in [5, 5.41) is 7.67. The molecule has 2 aromatic carbocycles. The molecule has 7 nitrogen and oxygen atoms in total. The Kier molecular flexibility index (Phi) is 7.68. The largest absolute Gasteiger partial charge is 0.494 e. The molecular weight excluding hydrogens is 452 g/mol. The van der Waals surface area contributed by atoms with E-state index in [-0.39, 0.29) is 11.9 Å². The molecule has 1 amide bonds. The topological polar surface area (TPSA) is 70.7 Å². The van der Waals surface area contributed by atoms with Crippen LogP contribution in [0, 0.1) is 6.92 Å². The average Bonchev–Trinajstić information content (AvgIpc) is 3.46. The van der Waals surface area contributed by atoms with Gasteiger partial charge in [0.25, 0.3) is 5.91 Å². The van der Waals surface area contributed by atoms with Crippen LogP contribution >= 0.6 is 0 Å². The van der Waals surface area contributed by atoms with Crippen LogP contribution in [0.4, 0.5) is 0 Å². The molecule has 2 aliphatic heterocycles. The molecule has 2 aliphatic rings. The predicted octanol–water partition coefficient (Wildman–Crippen LogP) is 4.83. The van der Waals surface area contributed by atoms with Gasteiger partial charge >= 0.3 is 0 Å². The monoisotopic (exact) mass is 488 g/mol. The summed E-state index contributed by atoms with van der Waals surface area (Å²) >= 11 is 0. The number of nitrogens with one attached hydrogen (secondary N) is 1. The van der Waals surface area contributed by atoms with Gasteiger partial charge in [-0.3, -0.25) is 14.8 Å². The van der Waals surface area contributed by atoms with Crippen molar-refractivity contribution in [2.45, 2.75) is 39.2 Å². The first-order chi connectivity index (χ1) is 17.7. The molecule has 7 heteroatoms. The number of rotatable bonds is 10. The summed E-state index contributed by atoms with van der Waals surface area (Å²) in [5.74, 6) is 0.874. The number of amides is 1. The van der Waals surface area contributed by atoms with Crippen LogP contribution in [0.25, 0.3) is 11.3 Å². The molecule has 1 aromatic heterocycles. The van der Waals surface area contributed by atoms with E-state index >= 15 is 0 Å². The molecule has 3 heterocycles. The Morgan fingerprint density at radius 1 is 1.03 bits per heavy atom. The summed E-state index contributed by atoms with van der Waals surface area (Å²) in [7, 11) is 0. The summed E-state index contributed by atoms with van der Waals surface area (Å²) in [4.78, 5) is 18.0. The molecule has 0 bridgehead atoms. The van der Waals surface area contributed by atoms with Crippen molar-refractivity contribution in [3.63, 3.8) is 0 Å². The number of hydrogen-bond donors (Lipinski definition) is 1. The van der Waals surface area contributed by atoms with Crippen LogP contribution in [0.1, 0.15) is 59.4 Å². The van der Waals surface area contributed by atoms with Crippen molar-refractivity contribution >= 4 is 5.91 Å². The molecule has 0 aliphatic carbocycles. The molecule has 1 atom stereocenters. The van der Waals surface area contributed by atoms with E-state index in [1.165, 1.54) is 18.4 Å². The van der Waals surface area contributed by atoms with E-state index in [0.29, 0.717) is 12.2 Å². The van der Waals surface area contributed by atoms with Gasteiger partial charge in [-0.2, -0.15) is 5.10 Å². The third-order valence-electron chi connectivity index (χ3n) is 7.16. The second-order valence-electron chi connectivity index (χ2n) is 9.71. The zero-order chi connectivity index (χ0) is 24.9. The SMILES string of the molecule is CCCCCOc1ccc(C2c3c(-c4ccc(C)cc4)n[nH]c3C(=O)N2CCN2CCOCC2)cc1. The molecule has 1 unspecified atom stereocenters. The number of aromatic amines is 1. The summed E-state index contributed by atoms with van der Waals surface area (Å²) in [6, 6.07) is 16.4. The first kappa shape index (κ1) is 24.5. The lowest BCUT2D eigenvalue weighted by atomic mass is 9.95. The Morgan fingerprint density at radius 3 is 2.50 bits per heavy atom. The number of H-pyrrole nitrogens is 1. The minimum Gasteiger partial charge on any atom is -0.494 e. The van der Waals surface area contributed by atoms with Crippen LogP contribution in [0.5, 0.6) is 5.75 Å². The molecule has 0 radical (unpaired) electrons. The van der Waals surface area contributed by atoms with Gasteiger partial charge in [0.05, 0.1) is 31.6 Å². The van der Waals surface area contributed by atoms with Crippen LogP contribution in [-0.4, -0.2) is 71.9 Å². The van der Waals surface area contributed by atoms with E-state index in [0.717, 1.165) is 74.0 Å². The van der Waals surface area contributed by atoms with E-state index in [1.54, 1.807) is 0 Å². The highest BCUT2D eigenvalue weighted by atomic mass is 16.5. The molecule has 3 aromatic rings. The molecule has 5 rings (SSSR count). The highest BCUT2D eigenvalue weighted by molar-refractivity contribution is 6.00. The van der Waals surface area contributed by atoms with E-state index in [1.807, 2.05) is 17.0 Å². The van der Waals surface area contributed by atoms with Crippen LogP contribution in [0.2, 0.25) is 0 Å². The maximum Gasteiger partial charge on any atom is 0.273 e. The van der Waals surface area contributed by atoms with Gasteiger partial charge in [-0.05, 0) is 31.0 Å². The van der Waals surface area contributed by atoms with Crippen molar-refractivity contribution in [2.75, 3.05) is 46.0 Å². The Hall–Kier alpha value is -3.16. The standard InChI is InChI=1S/C29H36N4O3/c1-3-4-5-18-36-24-12-10-23(11-13-24)28-25-26(22-8-6-21(2)7-9-22)30-31-27(25)29(34)33(28)15-14-32-16-19-35-20-17-32/h6-13,28H,3-5,14-20H2,1-2H3,(H,30,31). The summed E-state index contributed by atoms with van der Waals surface area (Å²) in [6.45, 7) is 9.76. The zero-order valence-electron chi connectivity index (χ0n) is 21.3. The fraction of sp³-hybridized carbons (Fsp3) is 0.448. The molecule has 190 valence electrons. The molecule has 1 saturated heterocycles. The van der Waals surface area contributed by atoms with Crippen LogP contribution in [0.3, 0.4) is 0 Å². The molecule has 1 N–H and O–H groups in total. The van der Waals surface area contributed by atoms with Crippen molar-refractivity contribution in [3.05, 3.63) is 70.9 Å². The average molecular weight is 489 g/mol. The number of morpholine rings is 1. The molecule has 36 heavy (non-hydrogen) atoms. The molecule has 0 spiro atoms.